The van der Waals surface area contributed by atoms with E-state index in [1.165, 1.54) is 28.6 Å². The van der Waals surface area contributed by atoms with E-state index in [0.29, 0.717) is 11.5 Å². The number of hydrogen-bond acceptors (Lipinski definition) is 4. The van der Waals surface area contributed by atoms with E-state index in [9.17, 15) is 9.18 Å². The van der Waals surface area contributed by atoms with E-state index in [1.807, 2.05) is 24.3 Å². The van der Waals surface area contributed by atoms with Gasteiger partial charge in [-0.1, -0.05) is 62.2 Å². The first-order valence-corrected chi connectivity index (χ1v) is 11.6. The minimum Gasteiger partial charge on any atom is -0.486 e. The van der Waals surface area contributed by atoms with Gasteiger partial charge in [0.2, 0.25) is 0 Å². The second-order valence-corrected chi connectivity index (χ2v) is 9.82. The number of carbonyl (C=O) groups is 1. The van der Waals surface area contributed by atoms with Crippen molar-refractivity contribution in [3.63, 3.8) is 0 Å². The molecule has 35 heavy (non-hydrogen) atoms. The topological polar surface area (TPSA) is 69.3 Å². The molecule has 0 fully saturated rings. The van der Waals surface area contributed by atoms with Crippen molar-refractivity contribution < 1.29 is 18.3 Å². The third-order valence-corrected chi connectivity index (χ3v) is 5.95. The molecule has 2 aromatic carbocycles. The largest absolute Gasteiger partial charge is 0.486 e. The first-order chi connectivity index (χ1) is 16.6. The highest BCUT2D eigenvalue weighted by molar-refractivity contribution is 6.33. The molecule has 4 rings (SSSR count). The molecule has 0 aliphatic rings. The summed E-state index contributed by atoms with van der Waals surface area (Å²) in [7, 11) is 0. The van der Waals surface area contributed by atoms with Crippen LogP contribution in [0.2, 0.25) is 10.0 Å². The summed E-state index contributed by atoms with van der Waals surface area (Å²) in [5, 5.41) is 7.30. The number of nitrogens with one attached hydrogen (secondary N) is 1. The molecular formula is C26H24Cl2FN3O3. The summed E-state index contributed by atoms with van der Waals surface area (Å²) in [6.07, 6.45) is 1.48. The first kappa shape index (κ1) is 24.8. The molecule has 0 bridgehead atoms. The van der Waals surface area contributed by atoms with Crippen LogP contribution in [0.5, 0.6) is 5.75 Å². The number of carbonyl (C=O) groups excluding carboxylic acids is 1. The fourth-order valence-corrected chi connectivity index (χ4v) is 3.78. The zero-order chi connectivity index (χ0) is 25.2. The number of furan rings is 1. The summed E-state index contributed by atoms with van der Waals surface area (Å²) in [5.41, 5.74) is 1.54. The van der Waals surface area contributed by atoms with Crippen molar-refractivity contribution in [2.75, 3.05) is 5.32 Å². The van der Waals surface area contributed by atoms with Gasteiger partial charge in [-0.2, -0.15) is 5.10 Å². The second kappa shape index (κ2) is 10.1. The van der Waals surface area contributed by atoms with Gasteiger partial charge in [0, 0.05) is 16.8 Å². The third-order valence-electron chi connectivity index (χ3n) is 5.32. The number of aromatic nitrogens is 2. The average Bonchev–Trinajstić information content (AvgIpc) is 3.41. The normalized spacial score (nSPS) is 11.5. The van der Waals surface area contributed by atoms with Crippen LogP contribution in [0.4, 0.5) is 10.2 Å². The Kier molecular flexibility index (Phi) is 7.19. The van der Waals surface area contributed by atoms with E-state index in [2.05, 4.69) is 31.2 Å². The van der Waals surface area contributed by atoms with E-state index >= 15 is 0 Å². The van der Waals surface area contributed by atoms with Crippen LogP contribution in [0.3, 0.4) is 0 Å². The van der Waals surface area contributed by atoms with Crippen molar-refractivity contribution in [2.24, 2.45) is 0 Å². The number of benzene rings is 2. The van der Waals surface area contributed by atoms with Gasteiger partial charge in [-0.15, -0.1) is 0 Å². The van der Waals surface area contributed by atoms with E-state index in [1.54, 1.807) is 18.2 Å². The Morgan fingerprint density at radius 3 is 2.51 bits per heavy atom. The monoisotopic (exact) mass is 515 g/mol. The predicted octanol–water partition coefficient (Wildman–Crippen LogP) is 7.10. The molecule has 0 aliphatic heterocycles. The number of ether oxygens (including phenoxy) is 1. The summed E-state index contributed by atoms with van der Waals surface area (Å²) in [6.45, 7) is 6.67. The quantitative estimate of drug-likeness (QED) is 0.285. The number of nitrogens with zero attached hydrogens (tertiary/aromatic N) is 2. The summed E-state index contributed by atoms with van der Waals surface area (Å²) in [5.74, 6) is 0.410. The molecule has 1 N–H and O–H groups in total. The maximum absolute atomic E-state index is 14.1. The van der Waals surface area contributed by atoms with Gasteiger partial charge in [-0.05, 0) is 47.4 Å². The lowest BCUT2D eigenvalue weighted by atomic mass is 9.87. The van der Waals surface area contributed by atoms with Crippen LogP contribution < -0.4 is 10.1 Å². The van der Waals surface area contributed by atoms with Crippen LogP contribution in [0.25, 0.3) is 0 Å². The fraction of sp³-hybridized carbons (Fsp3) is 0.231. The van der Waals surface area contributed by atoms with Crippen LogP contribution in [0.15, 0.2) is 65.2 Å². The molecule has 0 saturated carbocycles. The first-order valence-electron chi connectivity index (χ1n) is 10.9. The maximum atomic E-state index is 14.1. The smallest absolute Gasteiger partial charge is 0.292 e. The Morgan fingerprint density at radius 2 is 1.83 bits per heavy atom. The van der Waals surface area contributed by atoms with Gasteiger partial charge in [0.15, 0.2) is 11.6 Å². The van der Waals surface area contributed by atoms with Crippen molar-refractivity contribution in [3.05, 3.63) is 99.3 Å². The van der Waals surface area contributed by atoms with E-state index in [0.717, 1.165) is 0 Å². The summed E-state index contributed by atoms with van der Waals surface area (Å²) in [6, 6.07) is 15.5. The van der Waals surface area contributed by atoms with Crippen molar-refractivity contribution in [1.82, 2.24) is 9.78 Å². The average molecular weight is 516 g/mol. The highest BCUT2D eigenvalue weighted by Crippen LogP contribution is 2.26. The summed E-state index contributed by atoms with van der Waals surface area (Å²) >= 11 is 12.3. The van der Waals surface area contributed by atoms with Gasteiger partial charge in [0.1, 0.15) is 29.0 Å². The lowest BCUT2D eigenvalue weighted by Gasteiger charge is -2.19. The van der Waals surface area contributed by atoms with E-state index in [-0.39, 0.29) is 45.8 Å². The lowest BCUT2D eigenvalue weighted by Crippen LogP contribution is -2.12. The molecule has 2 heterocycles. The van der Waals surface area contributed by atoms with Gasteiger partial charge in [0.25, 0.3) is 5.91 Å². The van der Waals surface area contributed by atoms with Crippen molar-refractivity contribution in [2.45, 2.75) is 39.3 Å². The fourth-order valence-electron chi connectivity index (χ4n) is 3.36. The summed E-state index contributed by atoms with van der Waals surface area (Å²) < 4.78 is 26.8. The molecule has 0 saturated heterocycles. The molecule has 182 valence electrons. The van der Waals surface area contributed by atoms with Gasteiger partial charge >= 0.3 is 0 Å². The van der Waals surface area contributed by atoms with E-state index < -0.39 is 11.7 Å². The maximum Gasteiger partial charge on any atom is 0.292 e. The van der Waals surface area contributed by atoms with Crippen molar-refractivity contribution >= 4 is 34.9 Å². The lowest BCUT2D eigenvalue weighted by molar-refractivity contribution is 0.0992. The Hall–Kier alpha value is -3.29. The molecule has 1 amide bonds. The molecule has 0 radical (unpaired) electrons. The molecule has 0 atom stereocenters. The Bertz CT molecular complexity index is 1320. The van der Waals surface area contributed by atoms with Gasteiger partial charge in [-0.25, -0.2) is 4.39 Å². The molecule has 4 aromatic rings. The summed E-state index contributed by atoms with van der Waals surface area (Å²) in [4.78, 5) is 12.6. The molecule has 2 aromatic heterocycles. The van der Waals surface area contributed by atoms with Crippen LogP contribution in [0.1, 0.15) is 48.2 Å². The SMILES string of the molecule is CC(C)(C)c1ccc(OCc2ccc(C(=O)Nc3nn(Cc4c(F)cccc4Cl)cc3Cl)o2)cc1. The number of halogens is 3. The zero-order valence-electron chi connectivity index (χ0n) is 19.4. The standard InChI is InChI=1S/C26H24Cl2FN3O3/c1-26(2,3)16-7-9-17(10-8-16)34-15-18-11-12-23(35-18)25(33)30-24-21(28)14-32(31-24)13-19-20(27)5-4-6-22(19)29/h4-12,14H,13,15H2,1-3H3,(H,30,31,33). The molecule has 0 spiro atoms. The van der Waals surface area contributed by atoms with Crippen molar-refractivity contribution in [1.29, 1.82) is 0 Å². The number of hydrogen-bond donors (Lipinski definition) is 1. The van der Waals surface area contributed by atoms with Crippen LogP contribution in [-0.2, 0) is 18.6 Å². The highest BCUT2D eigenvalue weighted by atomic mass is 35.5. The highest BCUT2D eigenvalue weighted by Gasteiger charge is 2.17. The Balaban J connectivity index is 1.37. The Morgan fingerprint density at radius 1 is 1.09 bits per heavy atom. The second-order valence-electron chi connectivity index (χ2n) is 9.01. The van der Waals surface area contributed by atoms with Gasteiger partial charge < -0.3 is 14.5 Å². The number of rotatable bonds is 7. The molecule has 0 unspecified atom stereocenters. The molecule has 9 heteroatoms. The minimum atomic E-state index is -0.526. The van der Waals surface area contributed by atoms with E-state index in [4.69, 9.17) is 32.4 Å². The minimum absolute atomic E-state index is 0.0556. The predicted molar refractivity (Wildman–Crippen MR) is 134 cm³/mol. The van der Waals surface area contributed by atoms with Gasteiger partial charge in [-0.3, -0.25) is 9.48 Å². The van der Waals surface area contributed by atoms with Crippen LogP contribution in [0, 0.1) is 5.82 Å². The zero-order valence-corrected chi connectivity index (χ0v) is 21.0. The molecular weight excluding hydrogens is 492 g/mol. The Labute approximate surface area is 212 Å². The third kappa shape index (κ3) is 6.05. The van der Waals surface area contributed by atoms with Crippen LogP contribution >= 0.6 is 23.2 Å². The van der Waals surface area contributed by atoms with Gasteiger partial charge in [0.05, 0.1) is 6.54 Å². The number of amides is 1. The van der Waals surface area contributed by atoms with Crippen molar-refractivity contribution in [3.8, 4) is 5.75 Å². The molecule has 6 nitrogen and oxygen atoms in total. The van der Waals surface area contributed by atoms with Crippen LogP contribution in [-0.4, -0.2) is 15.7 Å². The number of anilines is 1. The molecule has 0 aliphatic carbocycles.